The van der Waals surface area contributed by atoms with E-state index in [1.165, 1.54) is 0 Å². The zero-order valence-electron chi connectivity index (χ0n) is 11.6. The summed E-state index contributed by atoms with van der Waals surface area (Å²) < 4.78 is 5.48. The number of aliphatic hydroxyl groups excluding tert-OH is 1. The van der Waals surface area contributed by atoms with Gasteiger partial charge in [0, 0.05) is 23.2 Å². The molecule has 0 unspecified atom stereocenters. The topological polar surface area (TPSA) is 58.6 Å². The van der Waals surface area contributed by atoms with Gasteiger partial charge in [0.25, 0.3) is 0 Å². The van der Waals surface area contributed by atoms with E-state index in [0.717, 1.165) is 25.9 Å². The maximum absolute atomic E-state index is 11.8. The Bertz CT molecular complexity index is 470. The Kier molecular flexibility index (Phi) is 6.30. The average molecular weight is 332 g/mol. The van der Waals surface area contributed by atoms with E-state index < -0.39 is 6.10 Å². The molecule has 1 aromatic rings. The molecule has 0 radical (unpaired) electrons. The highest BCUT2D eigenvalue weighted by atomic mass is 35.5. The minimum absolute atomic E-state index is 0.0117. The lowest BCUT2D eigenvalue weighted by Gasteiger charge is -2.13. The molecular weight excluding hydrogens is 313 g/mol. The molecule has 2 rings (SSSR count). The number of rotatable bonds is 6. The van der Waals surface area contributed by atoms with Crippen molar-refractivity contribution in [2.45, 2.75) is 37.9 Å². The van der Waals surface area contributed by atoms with Gasteiger partial charge in [-0.05, 0) is 43.0 Å². The fourth-order valence-electron chi connectivity index (χ4n) is 2.38. The predicted molar refractivity (Wildman–Crippen MR) is 82.6 cm³/mol. The van der Waals surface area contributed by atoms with E-state index in [4.69, 9.17) is 27.9 Å². The van der Waals surface area contributed by atoms with Crippen molar-refractivity contribution in [1.29, 1.82) is 0 Å². The van der Waals surface area contributed by atoms with Gasteiger partial charge in [-0.1, -0.05) is 23.2 Å². The van der Waals surface area contributed by atoms with Crippen LogP contribution in [0.15, 0.2) is 18.2 Å². The second-order valence-corrected chi connectivity index (χ2v) is 6.07. The molecule has 0 bridgehead atoms. The lowest BCUT2D eigenvalue weighted by molar-refractivity contribution is -0.123. The number of carbonyl (C=O) groups is 1. The molecule has 6 heteroatoms. The number of carbonyl (C=O) groups excluding carboxylic acids is 1. The van der Waals surface area contributed by atoms with Crippen LogP contribution in [-0.4, -0.2) is 30.3 Å². The smallest absolute Gasteiger partial charge is 0.222 e. The van der Waals surface area contributed by atoms with Crippen LogP contribution in [0.2, 0.25) is 10.0 Å². The molecule has 0 aromatic heterocycles. The SMILES string of the molecule is O=C(C[C@@H](O)c1cc(Cl)cc(Cl)c1)NCC[C@@H]1CCCO1. The number of halogens is 2. The van der Waals surface area contributed by atoms with Gasteiger partial charge in [0.05, 0.1) is 18.6 Å². The fraction of sp³-hybridized carbons (Fsp3) is 0.533. The maximum atomic E-state index is 11.8. The first kappa shape index (κ1) is 16.6. The van der Waals surface area contributed by atoms with Crippen molar-refractivity contribution in [3.05, 3.63) is 33.8 Å². The second kappa shape index (κ2) is 7.99. The molecule has 0 spiro atoms. The molecule has 0 saturated carbocycles. The first-order valence-corrected chi connectivity index (χ1v) is 7.82. The minimum Gasteiger partial charge on any atom is -0.388 e. The predicted octanol–water partition coefficient (Wildman–Crippen LogP) is 3.10. The molecule has 1 aromatic carbocycles. The van der Waals surface area contributed by atoms with E-state index in [1.54, 1.807) is 18.2 Å². The Hall–Kier alpha value is -0.810. The van der Waals surface area contributed by atoms with Crippen molar-refractivity contribution in [2.75, 3.05) is 13.2 Å². The fourth-order valence-corrected chi connectivity index (χ4v) is 2.92. The van der Waals surface area contributed by atoms with Crippen LogP contribution in [0, 0.1) is 0 Å². The number of hydrogen-bond acceptors (Lipinski definition) is 3. The van der Waals surface area contributed by atoms with Crippen molar-refractivity contribution in [2.24, 2.45) is 0 Å². The first-order chi connectivity index (χ1) is 10.0. The van der Waals surface area contributed by atoms with Crippen molar-refractivity contribution in [1.82, 2.24) is 5.32 Å². The Labute approximate surface area is 134 Å². The number of hydrogen-bond donors (Lipinski definition) is 2. The summed E-state index contributed by atoms with van der Waals surface area (Å²) >= 11 is 11.8. The monoisotopic (exact) mass is 331 g/mol. The minimum atomic E-state index is -0.913. The lowest BCUT2D eigenvalue weighted by Crippen LogP contribution is -2.28. The number of benzene rings is 1. The van der Waals surface area contributed by atoms with Gasteiger partial charge in [-0.3, -0.25) is 4.79 Å². The number of ether oxygens (including phenoxy) is 1. The standard InChI is InChI=1S/C15H19Cl2NO3/c16-11-6-10(7-12(17)8-11)14(19)9-15(20)18-4-3-13-2-1-5-21-13/h6-8,13-14,19H,1-5,9H2,(H,18,20)/t13-,14+/m0/s1. The lowest BCUT2D eigenvalue weighted by atomic mass is 10.1. The van der Waals surface area contributed by atoms with Gasteiger partial charge in [0.1, 0.15) is 0 Å². The highest BCUT2D eigenvalue weighted by Crippen LogP contribution is 2.25. The molecule has 1 aliphatic heterocycles. The number of aliphatic hydroxyl groups is 1. The summed E-state index contributed by atoms with van der Waals surface area (Å²) in [5.41, 5.74) is 0.543. The Morgan fingerprint density at radius 2 is 2.10 bits per heavy atom. The third kappa shape index (κ3) is 5.47. The summed E-state index contributed by atoms with van der Waals surface area (Å²) in [6.45, 7) is 1.37. The normalized spacial score (nSPS) is 19.5. The zero-order valence-corrected chi connectivity index (χ0v) is 13.2. The van der Waals surface area contributed by atoms with Crippen LogP contribution in [0.25, 0.3) is 0 Å². The first-order valence-electron chi connectivity index (χ1n) is 7.07. The molecule has 1 heterocycles. The molecule has 1 amide bonds. The zero-order chi connectivity index (χ0) is 15.2. The molecule has 1 aliphatic rings. The van der Waals surface area contributed by atoms with Gasteiger partial charge in [-0.2, -0.15) is 0 Å². The third-order valence-electron chi connectivity index (χ3n) is 3.46. The van der Waals surface area contributed by atoms with Crippen molar-refractivity contribution >= 4 is 29.1 Å². The number of nitrogens with one attached hydrogen (secondary N) is 1. The Balaban J connectivity index is 1.75. The van der Waals surface area contributed by atoms with Gasteiger partial charge in [-0.15, -0.1) is 0 Å². The van der Waals surface area contributed by atoms with Crippen molar-refractivity contribution < 1.29 is 14.6 Å². The van der Waals surface area contributed by atoms with Gasteiger partial charge < -0.3 is 15.2 Å². The van der Waals surface area contributed by atoms with Gasteiger partial charge >= 0.3 is 0 Å². The van der Waals surface area contributed by atoms with E-state index >= 15 is 0 Å². The van der Waals surface area contributed by atoms with E-state index in [-0.39, 0.29) is 18.4 Å². The molecule has 2 atom stereocenters. The number of amides is 1. The molecule has 0 aliphatic carbocycles. The highest BCUT2D eigenvalue weighted by Gasteiger charge is 2.17. The van der Waals surface area contributed by atoms with Crippen LogP contribution < -0.4 is 5.32 Å². The molecule has 1 saturated heterocycles. The van der Waals surface area contributed by atoms with Crippen LogP contribution in [0.5, 0.6) is 0 Å². The van der Waals surface area contributed by atoms with Gasteiger partial charge in [0.15, 0.2) is 0 Å². The summed E-state index contributed by atoms with van der Waals surface area (Å²) in [7, 11) is 0. The van der Waals surface area contributed by atoms with Crippen LogP contribution in [0.4, 0.5) is 0 Å². The van der Waals surface area contributed by atoms with Gasteiger partial charge in [0.2, 0.25) is 5.91 Å². The van der Waals surface area contributed by atoms with Crippen molar-refractivity contribution in [3.8, 4) is 0 Å². The van der Waals surface area contributed by atoms with E-state index in [1.807, 2.05) is 0 Å². The average Bonchev–Trinajstić information content (AvgIpc) is 2.90. The van der Waals surface area contributed by atoms with Crippen LogP contribution in [0.3, 0.4) is 0 Å². The summed E-state index contributed by atoms with van der Waals surface area (Å²) in [6.07, 6.45) is 2.28. The van der Waals surface area contributed by atoms with E-state index in [0.29, 0.717) is 22.2 Å². The van der Waals surface area contributed by atoms with Crippen LogP contribution in [0.1, 0.15) is 37.4 Å². The third-order valence-corrected chi connectivity index (χ3v) is 3.90. The Morgan fingerprint density at radius 3 is 2.71 bits per heavy atom. The van der Waals surface area contributed by atoms with Crippen LogP contribution >= 0.6 is 23.2 Å². The molecule has 4 nitrogen and oxygen atoms in total. The largest absolute Gasteiger partial charge is 0.388 e. The van der Waals surface area contributed by atoms with Gasteiger partial charge in [-0.25, -0.2) is 0 Å². The summed E-state index contributed by atoms with van der Waals surface area (Å²) in [4.78, 5) is 11.8. The summed E-state index contributed by atoms with van der Waals surface area (Å²) in [5.74, 6) is -0.198. The van der Waals surface area contributed by atoms with Crippen LogP contribution in [-0.2, 0) is 9.53 Å². The highest BCUT2D eigenvalue weighted by molar-refractivity contribution is 6.34. The molecule has 2 N–H and O–H groups in total. The quantitative estimate of drug-likeness (QED) is 0.842. The molecule has 21 heavy (non-hydrogen) atoms. The van der Waals surface area contributed by atoms with E-state index in [2.05, 4.69) is 5.32 Å². The molecular formula is C15H19Cl2NO3. The molecule has 116 valence electrons. The maximum Gasteiger partial charge on any atom is 0.222 e. The second-order valence-electron chi connectivity index (χ2n) is 5.20. The summed E-state index contributed by atoms with van der Waals surface area (Å²) in [6, 6.07) is 4.80. The summed E-state index contributed by atoms with van der Waals surface area (Å²) in [5, 5.41) is 13.7. The molecule has 1 fully saturated rings. The Morgan fingerprint density at radius 1 is 1.38 bits per heavy atom. The van der Waals surface area contributed by atoms with Crippen molar-refractivity contribution in [3.63, 3.8) is 0 Å². The van der Waals surface area contributed by atoms with E-state index in [9.17, 15) is 9.90 Å².